The van der Waals surface area contributed by atoms with Crippen molar-refractivity contribution in [1.29, 1.82) is 0 Å². The third-order valence-corrected chi connectivity index (χ3v) is 8.37. The molecule has 1 aromatic carbocycles. The molecule has 42 heavy (non-hydrogen) atoms. The Bertz CT molecular complexity index is 1370. The fourth-order valence-corrected chi connectivity index (χ4v) is 5.60. The van der Waals surface area contributed by atoms with Gasteiger partial charge in [0, 0.05) is 51.4 Å². The zero-order valence-electron chi connectivity index (χ0n) is 25.3. The lowest BCUT2D eigenvalue weighted by Crippen LogP contribution is -2.42. The van der Waals surface area contributed by atoms with Gasteiger partial charge in [0.25, 0.3) is 5.91 Å². The number of carbonyl (C=O) groups excluding carboxylic acids is 1. The minimum Gasteiger partial charge on any atom is -0.485 e. The Morgan fingerprint density at radius 1 is 1.29 bits per heavy atom. The second kappa shape index (κ2) is 13.6. The van der Waals surface area contributed by atoms with Crippen molar-refractivity contribution in [2.75, 3.05) is 43.4 Å². The summed E-state index contributed by atoms with van der Waals surface area (Å²) in [5.74, 6) is 2.89. The van der Waals surface area contributed by atoms with Crippen molar-refractivity contribution in [2.45, 2.75) is 78.2 Å². The van der Waals surface area contributed by atoms with Crippen LogP contribution in [0.5, 0.6) is 5.75 Å². The number of nitrogens with zero attached hydrogens (tertiary/aromatic N) is 4. The maximum Gasteiger partial charge on any atom is 0.251 e. The normalized spacial score (nSPS) is 15.9. The molecule has 3 N–H and O–H groups in total. The summed E-state index contributed by atoms with van der Waals surface area (Å²) in [7, 11) is 2.00. The monoisotopic (exact) mass is 576 g/mol. The van der Waals surface area contributed by atoms with Crippen LogP contribution >= 0.6 is 0 Å². The first-order chi connectivity index (χ1) is 20.3. The van der Waals surface area contributed by atoms with Crippen LogP contribution in [0.3, 0.4) is 0 Å². The Morgan fingerprint density at radius 2 is 2.12 bits per heavy atom. The van der Waals surface area contributed by atoms with Gasteiger partial charge in [-0.1, -0.05) is 13.0 Å². The molecule has 5 rings (SSSR count). The highest BCUT2D eigenvalue weighted by Crippen LogP contribution is 2.30. The molecule has 1 aliphatic carbocycles. The van der Waals surface area contributed by atoms with Crippen molar-refractivity contribution >= 4 is 17.5 Å². The number of oxazole rings is 1. The van der Waals surface area contributed by atoms with Gasteiger partial charge in [-0.15, -0.1) is 0 Å². The van der Waals surface area contributed by atoms with Crippen LogP contribution in [0.15, 0.2) is 35.1 Å². The predicted octanol–water partition coefficient (Wildman–Crippen LogP) is 4.23. The van der Waals surface area contributed by atoms with Crippen LogP contribution in [0.2, 0.25) is 0 Å². The lowest BCUT2D eigenvalue weighted by Gasteiger charge is -2.31. The number of hydrogen-bond acceptors (Lipinski definition) is 9. The average molecular weight is 577 g/mol. The fraction of sp³-hybridized carbons (Fsp3) is 0.531. The van der Waals surface area contributed by atoms with E-state index in [1.165, 1.54) is 23.9 Å². The van der Waals surface area contributed by atoms with Gasteiger partial charge in [0.05, 0.1) is 11.8 Å². The maximum atomic E-state index is 13.1. The summed E-state index contributed by atoms with van der Waals surface area (Å²) in [4.78, 5) is 26.3. The molecule has 10 heteroatoms. The maximum absolute atomic E-state index is 13.1. The molecule has 0 spiro atoms. The van der Waals surface area contributed by atoms with Crippen molar-refractivity contribution in [1.82, 2.24) is 20.2 Å². The van der Waals surface area contributed by atoms with Crippen LogP contribution in [0.25, 0.3) is 0 Å². The SMILES string of the molecule is CCCN(C)c1cc(C(=O)NC[C@H](O)CN2CCc3c(ccc(OCc4ocnc4C)c3C)C2)cc(NC2CCC2)n1. The molecular weight excluding hydrogens is 532 g/mol. The number of benzene rings is 1. The van der Waals surface area contributed by atoms with Crippen molar-refractivity contribution in [3.05, 3.63) is 64.4 Å². The van der Waals surface area contributed by atoms with E-state index in [4.69, 9.17) is 14.1 Å². The molecular formula is C32H44N6O4. The van der Waals surface area contributed by atoms with E-state index < -0.39 is 6.10 Å². The van der Waals surface area contributed by atoms with Gasteiger partial charge in [-0.25, -0.2) is 9.97 Å². The molecule has 226 valence electrons. The quantitative estimate of drug-likeness (QED) is 0.275. The van der Waals surface area contributed by atoms with Crippen molar-refractivity contribution < 1.29 is 19.1 Å². The minimum atomic E-state index is -0.680. The lowest BCUT2D eigenvalue weighted by molar-refractivity contribution is 0.0841. The van der Waals surface area contributed by atoms with E-state index in [1.807, 2.05) is 32.2 Å². The molecule has 1 atom stereocenters. The Morgan fingerprint density at radius 3 is 2.83 bits per heavy atom. The number of hydrogen-bond donors (Lipinski definition) is 3. The van der Waals surface area contributed by atoms with Gasteiger partial charge in [0.2, 0.25) is 0 Å². The van der Waals surface area contributed by atoms with Crippen LogP contribution in [-0.4, -0.2) is 71.3 Å². The molecule has 1 amide bonds. The summed E-state index contributed by atoms with van der Waals surface area (Å²) in [6, 6.07) is 8.19. The average Bonchev–Trinajstić information content (AvgIpc) is 3.37. The number of carbonyl (C=O) groups is 1. The molecule has 0 bridgehead atoms. The van der Waals surface area contributed by atoms with Gasteiger partial charge in [-0.05, 0) is 80.8 Å². The van der Waals surface area contributed by atoms with Gasteiger partial charge in [-0.3, -0.25) is 9.69 Å². The highest BCUT2D eigenvalue weighted by molar-refractivity contribution is 5.95. The molecule has 1 saturated carbocycles. The minimum absolute atomic E-state index is 0.183. The van der Waals surface area contributed by atoms with Gasteiger partial charge >= 0.3 is 0 Å². The highest BCUT2D eigenvalue weighted by Gasteiger charge is 2.23. The molecule has 1 fully saturated rings. The number of β-amino-alcohol motifs (C(OH)–C–C–N with tert-alkyl or cyclic N) is 1. The van der Waals surface area contributed by atoms with Gasteiger partial charge in [-0.2, -0.15) is 0 Å². The molecule has 2 aliphatic rings. The lowest BCUT2D eigenvalue weighted by atomic mass is 9.93. The van der Waals surface area contributed by atoms with E-state index in [9.17, 15) is 9.90 Å². The molecule has 10 nitrogen and oxygen atoms in total. The molecule has 3 heterocycles. The summed E-state index contributed by atoms with van der Waals surface area (Å²) in [6.07, 6.45) is 6.11. The molecule has 0 saturated heterocycles. The van der Waals surface area contributed by atoms with Crippen molar-refractivity contribution in [3.8, 4) is 5.75 Å². The predicted molar refractivity (Wildman–Crippen MR) is 163 cm³/mol. The first kappa shape index (κ1) is 29.8. The largest absolute Gasteiger partial charge is 0.485 e. The Labute approximate surface area is 248 Å². The van der Waals surface area contributed by atoms with Crippen LogP contribution in [0.4, 0.5) is 11.6 Å². The van der Waals surface area contributed by atoms with Crippen LogP contribution < -0.4 is 20.3 Å². The fourth-order valence-electron chi connectivity index (χ4n) is 5.60. The number of aryl methyl sites for hydroxylation is 1. The van der Waals surface area contributed by atoms with Crippen molar-refractivity contribution in [2.24, 2.45) is 0 Å². The van der Waals surface area contributed by atoms with Crippen molar-refractivity contribution in [3.63, 3.8) is 0 Å². The van der Waals surface area contributed by atoms with E-state index >= 15 is 0 Å². The number of aliphatic hydroxyl groups excluding tert-OH is 1. The third kappa shape index (κ3) is 7.22. The number of pyridine rings is 1. The van der Waals surface area contributed by atoms with E-state index in [1.54, 1.807) is 0 Å². The second-order valence-electron chi connectivity index (χ2n) is 11.6. The molecule has 1 aliphatic heterocycles. The number of amides is 1. The first-order valence-electron chi connectivity index (χ1n) is 15.1. The zero-order chi connectivity index (χ0) is 29.6. The van der Waals surface area contributed by atoms with Crippen LogP contribution in [0, 0.1) is 13.8 Å². The van der Waals surface area contributed by atoms with E-state index in [0.717, 1.165) is 79.7 Å². The molecule has 2 aromatic heterocycles. The topological polar surface area (TPSA) is 116 Å². The first-order valence-corrected chi connectivity index (χ1v) is 15.1. The molecule has 0 radical (unpaired) electrons. The second-order valence-corrected chi connectivity index (χ2v) is 11.6. The Hall–Kier alpha value is -3.63. The van der Waals surface area contributed by atoms with Crippen LogP contribution in [-0.2, 0) is 19.6 Å². The van der Waals surface area contributed by atoms with E-state index in [0.29, 0.717) is 24.8 Å². The van der Waals surface area contributed by atoms with Gasteiger partial charge in [0.15, 0.2) is 12.2 Å². The number of aromatic nitrogens is 2. The number of fused-ring (bicyclic) bond motifs is 1. The van der Waals surface area contributed by atoms with Gasteiger partial charge in [0.1, 0.15) is 24.0 Å². The number of nitrogens with one attached hydrogen (secondary N) is 2. The van der Waals surface area contributed by atoms with Crippen LogP contribution in [0.1, 0.15) is 71.1 Å². The summed E-state index contributed by atoms with van der Waals surface area (Å²) in [5.41, 5.74) is 5.08. The highest BCUT2D eigenvalue weighted by atomic mass is 16.5. The Kier molecular flexibility index (Phi) is 9.64. The standard InChI is InChI=1S/C32H44N6O4/c1-5-12-37(4)31-15-24(14-30(36-31)35-25-7-6-8-25)32(40)33-16-26(39)18-38-13-11-27-21(2)28(10-9-23(27)17-38)41-19-29-22(3)34-20-42-29/h9-10,14-15,20,25-26,39H,5-8,11-13,16-19H2,1-4H3,(H,33,40)(H,35,36)/t26-/m0/s1. The summed E-state index contributed by atoms with van der Waals surface area (Å²) in [5, 5.41) is 17.2. The summed E-state index contributed by atoms with van der Waals surface area (Å²) in [6.45, 7) is 9.58. The van der Waals surface area contributed by atoms with Gasteiger partial charge < -0.3 is 29.8 Å². The summed E-state index contributed by atoms with van der Waals surface area (Å²) < 4.78 is 11.4. The smallest absolute Gasteiger partial charge is 0.251 e. The van der Waals surface area contributed by atoms with E-state index in [2.05, 4.69) is 45.3 Å². The number of aliphatic hydroxyl groups is 1. The molecule has 3 aromatic rings. The zero-order valence-corrected chi connectivity index (χ0v) is 25.3. The number of rotatable bonds is 13. The third-order valence-electron chi connectivity index (χ3n) is 8.37. The molecule has 0 unspecified atom stereocenters. The number of ether oxygens (including phenoxy) is 1. The summed E-state index contributed by atoms with van der Waals surface area (Å²) >= 11 is 0. The van der Waals surface area contributed by atoms with E-state index in [-0.39, 0.29) is 12.5 Å². The Balaban J connectivity index is 1.15. The number of anilines is 2.